The number of anilines is 1. The van der Waals surface area contributed by atoms with E-state index in [9.17, 15) is 0 Å². The van der Waals surface area contributed by atoms with E-state index in [0.717, 1.165) is 30.3 Å². The predicted octanol–water partition coefficient (Wildman–Crippen LogP) is 2.15. The topological polar surface area (TPSA) is 42.7 Å². The van der Waals surface area contributed by atoms with Crippen LogP contribution < -0.4 is 5.32 Å². The van der Waals surface area contributed by atoms with Crippen molar-refractivity contribution in [1.29, 1.82) is 0 Å². The maximum Gasteiger partial charge on any atom is 0.221 e. The van der Waals surface area contributed by atoms with Crippen molar-refractivity contribution < 1.29 is 0 Å². The summed E-state index contributed by atoms with van der Waals surface area (Å²) in [7, 11) is 0. The Morgan fingerprint density at radius 2 is 2.12 bits per heavy atom. The average molecular weight is 214 g/mol. The van der Waals surface area contributed by atoms with E-state index >= 15 is 0 Å². The van der Waals surface area contributed by atoms with Gasteiger partial charge >= 0.3 is 0 Å². The van der Waals surface area contributed by atoms with Crippen molar-refractivity contribution in [2.24, 2.45) is 0 Å². The van der Waals surface area contributed by atoms with Gasteiger partial charge in [0.15, 0.2) is 5.82 Å². The summed E-state index contributed by atoms with van der Waals surface area (Å²) < 4.78 is 1.95. The van der Waals surface area contributed by atoms with Gasteiger partial charge in [0.2, 0.25) is 5.95 Å². The van der Waals surface area contributed by atoms with Crippen LogP contribution in [0.4, 0.5) is 5.95 Å². The Bertz CT molecular complexity index is 489. The van der Waals surface area contributed by atoms with Gasteiger partial charge in [-0.15, -0.1) is 5.10 Å². The highest BCUT2D eigenvalue weighted by Gasteiger charge is 2.18. The molecule has 0 amide bonds. The van der Waals surface area contributed by atoms with Gasteiger partial charge < -0.3 is 5.32 Å². The highest BCUT2D eigenvalue weighted by molar-refractivity contribution is 5.56. The van der Waals surface area contributed by atoms with Crippen LogP contribution in [0, 0.1) is 0 Å². The van der Waals surface area contributed by atoms with E-state index in [2.05, 4.69) is 22.3 Å². The average Bonchev–Trinajstić information content (AvgIpc) is 2.73. The number of aryl methyl sites for hydroxylation is 1. The molecule has 0 radical (unpaired) electrons. The maximum absolute atomic E-state index is 4.51. The number of hydrogen-bond acceptors (Lipinski definition) is 3. The normalized spacial score (nSPS) is 18.9. The van der Waals surface area contributed by atoms with Crippen molar-refractivity contribution >= 4 is 5.95 Å². The summed E-state index contributed by atoms with van der Waals surface area (Å²) in [5.41, 5.74) is 1.07. The highest BCUT2D eigenvalue weighted by Crippen LogP contribution is 2.21. The van der Waals surface area contributed by atoms with Crippen LogP contribution in [0.2, 0.25) is 0 Å². The second-order valence-electron chi connectivity index (χ2n) is 4.18. The predicted molar refractivity (Wildman–Crippen MR) is 63.2 cm³/mol. The second kappa shape index (κ2) is 3.63. The van der Waals surface area contributed by atoms with Gasteiger partial charge in [0.05, 0.1) is 0 Å². The summed E-state index contributed by atoms with van der Waals surface area (Å²) in [6.07, 6.45) is 1.10. The van der Waals surface area contributed by atoms with Gasteiger partial charge in [0.25, 0.3) is 0 Å². The molecule has 4 heteroatoms. The quantitative estimate of drug-likeness (QED) is 0.791. The van der Waals surface area contributed by atoms with Crippen LogP contribution in [0.25, 0.3) is 11.4 Å². The zero-order valence-corrected chi connectivity index (χ0v) is 9.22. The molecule has 1 aliphatic rings. The molecule has 0 bridgehead atoms. The summed E-state index contributed by atoms with van der Waals surface area (Å²) >= 11 is 0. The molecule has 1 aliphatic heterocycles. The molecule has 2 heterocycles. The molecule has 0 saturated carbocycles. The molecule has 2 aromatic rings. The standard InChI is InChI=1S/C12H14N4/c1-9-7-8-16-12(13-9)14-11(15-16)10-5-3-2-4-6-10/h2-6,9H,7-8H2,1H3,(H,13,14,15). The van der Waals surface area contributed by atoms with E-state index < -0.39 is 0 Å². The summed E-state index contributed by atoms with van der Waals surface area (Å²) in [6, 6.07) is 10.6. The number of nitrogens with one attached hydrogen (secondary N) is 1. The Morgan fingerprint density at radius 1 is 1.31 bits per heavy atom. The minimum atomic E-state index is 0.486. The van der Waals surface area contributed by atoms with Gasteiger partial charge in [-0.3, -0.25) is 0 Å². The zero-order chi connectivity index (χ0) is 11.0. The largest absolute Gasteiger partial charge is 0.352 e. The Morgan fingerprint density at radius 3 is 2.94 bits per heavy atom. The van der Waals surface area contributed by atoms with Crippen LogP contribution in [0.3, 0.4) is 0 Å². The van der Waals surface area contributed by atoms with Crippen molar-refractivity contribution in [3.63, 3.8) is 0 Å². The third-order valence-corrected chi connectivity index (χ3v) is 2.85. The monoisotopic (exact) mass is 214 g/mol. The molecule has 0 saturated heterocycles. The minimum Gasteiger partial charge on any atom is -0.352 e. The van der Waals surface area contributed by atoms with Crippen molar-refractivity contribution in [2.75, 3.05) is 5.32 Å². The SMILES string of the molecule is CC1CCn2nc(-c3ccccc3)nc2N1. The third kappa shape index (κ3) is 1.56. The third-order valence-electron chi connectivity index (χ3n) is 2.85. The van der Waals surface area contributed by atoms with Gasteiger partial charge in [0, 0.05) is 18.2 Å². The lowest BCUT2D eigenvalue weighted by Gasteiger charge is -2.20. The van der Waals surface area contributed by atoms with Gasteiger partial charge in [-0.2, -0.15) is 4.98 Å². The molecule has 0 fully saturated rings. The summed E-state index contributed by atoms with van der Waals surface area (Å²) in [4.78, 5) is 4.51. The Hall–Kier alpha value is -1.84. The fraction of sp³-hybridized carbons (Fsp3) is 0.333. The number of benzene rings is 1. The molecule has 0 aliphatic carbocycles. The van der Waals surface area contributed by atoms with Crippen molar-refractivity contribution in [3.05, 3.63) is 30.3 Å². The van der Waals surface area contributed by atoms with Gasteiger partial charge in [-0.1, -0.05) is 30.3 Å². The number of rotatable bonds is 1. The number of hydrogen-bond donors (Lipinski definition) is 1. The second-order valence-corrected chi connectivity index (χ2v) is 4.18. The van der Waals surface area contributed by atoms with E-state index in [4.69, 9.17) is 0 Å². The van der Waals surface area contributed by atoms with Crippen molar-refractivity contribution in [1.82, 2.24) is 14.8 Å². The fourth-order valence-electron chi connectivity index (χ4n) is 1.92. The van der Waals surface area contributed by atoms with Crippen LogP contribution >= 0.6 is 0 Å². The number of fused-ring (bicyclic) bond motifs is 1. The maximum atomic E-state index is 4.51. The Kier molecular flexibility index (Phi) is 2.13. The lowest BCUT2D eigenvalue weighted by atomic mass is 10.2. The van der Waals surface area contributed by atoms with Gasteiger partial charge in [-0.05, 0) is 13.3 Å². The van der Waals surface area contributed by atoms with E-state index in [0.29, 0.717) is 6.04 Å². The first-order valence-electron chi connectivity index (χ1n) is 5.60. The first-order valence-corrected chi connectivity index (χ1v) is 5.60. The van der Waals surface area contributed by atoms with Crippen LogP contribution in [-0.2, 0) is 6.54 Å². The molecule has 4 nitrogen and oxygen atoms in total. The molecule has 16 heavy (non-hydrogen) atoms. The molecular weight excluding hydrogens is 200 g/mol. The molecule has 1 N–H and O–H groups in total. The van der Waals surface area contributed by atoms with Crippen molar-refractivity contribution in [3.8, 4) is 11.4 Å². The first-order chi connectivity index (χ1) is 7.83. The van der Waals surface area contributed by atoms with Crippen LogP contribution in [0.5, 0.6) is 0 Å². The minimum absolute atomic E-state index is 0.486. The fourth-order valence-corrected chi connectivity index (χ4v) is 1.92. The Balaban J connectivity index is 1.99. The lowest BCUT2D eigenvalue weighted by Crippen LogP contribution is -2.26. The van der Waals surface area contributed by atoms with Gasteiger partial charge in [-0.25, -0.2) is 4.68 Å². The molecule has 82 valence electrons. The summed E-state index contributed by atoms with van der Waals surface area (Å²) in [6.45, 7) is 3.11. The van der Waals surface area contributed by atoms with E-state index in [-0.39, 0.29) is 0 Å². The van der Waals surface area contributed by atoms with Crippen molar-refractivity contribution in [2.45, 2.75) is 25.9 Å². The van der Waals surface area contributed by atoms with E-state index in [1.807, 2.05) is 35.0 Å². The Labute approximate surface area is 94.3 Å². The highest BCUT2D eigenvalue weighted by atomic mass is 15.4. The van der Waals surface area contributed by atoms with Gasteiger partial charge in [0.1, 0.15) is 0 Å². The summed E-state index contributed by atoms with van der Waals surface area (Å²) in [5.74, 6) is 1.69. The lowest BCUT2D eigenvalue weighted by molar-refractivity contribution is 0.510. The molecule has 1 atom stereocenters. The molecule has 0 spiro atoms. The number of aromatic nitrogens is 3. The molecule has 1 unspecified atom stereocenters. The van der Waals surface area contributed by atoms with E-state index in [1.54, 1.807) is 0 Å². The molecular formula is C12H14N4. The van der Waals surface area contributed by atoms with Crippen LogP contribution in [0.15, 0.2) is 30.3 Å². The molecule has 1 aromatic heterocycles. The smallest absolute Gasteiger partial charge is 0.221 e. The van der Waals surface area contributed by atoms with Crippen LogP contribution in [-0.4, -0.2) is 20.8 Å². The molecule has 3 rings (SSSR count). The number of nitrogens with zero attached hydrogens (tertiary/aromatic N) is 3. The van der Waals surface area contributed by atoms with E-state index in [1.165, 1.54) is 0 Å². The molecule has 1 aromatic carbocycles. The first kappa shape index (κ1) is 9.39. The zero-order valence-electron chi connectivity index (χ0n) is 9.22. The van der Waals surface area contributed by atoms with Crippen LogP contribution in [0.1, 0.15) is 13.3 Å². The summed E-state index contributed by atoms with van der Waals surface area (Å²) in [5, 5.41) is 7.84.